The molecular weight excluding hydrogens is 336 g/mol. The number of amides is 1. The molecule has 3 rings (SSSR count). The van der Waals surface area contributed by atoms with Gasteiger partial charge >= 0.3 is 5.97 Å². The SMILES string of the molecule is Cc1ccc(C2SCC(C(=O)O)N2C(=O)c2ncccc2C)c(C)c1. The Morgan fingerprint density at radius 3 is 2.60 bits per heavy atom. The summed E-state index contributed by atoms with van der Waals surface area (Å²) in [7, 11) is 0. The van der Waals surface area contributed by atoms with E-state index in [1.807, 2.05) is 39.0 Å². The number of aliphatic carboxylic acids is 1. The highest BCUT2D eigenvalue weighted by atomic mass is 32.2. The lowest BCUT2D eigenvalue weighted by molar-refractivity contribution is -0.141. The number of carboxylic acid groups (broad SMARTS) is 1. The number of aryl methyl sites for hydroxylation is 3. The maximum atomic E-state index is 13.1. The van der Waals surface area contributed by atoms with Gasteiger partial charge in [-0.15, -0.1) is 11.8 Å². The van der Waals surface area contributed by atoms with E-state index >= 15 is 0 Å². The van der Waals surface area contributed by atoms with Gasteiger partial charge < -0.3 is 10.0 Å². The Hall–Kier alpha value is -2.34. The second-order valence-corrected chi connectivity index (χ2v) is 7.39. The summed E-state index contributed by atoms with van der Waals surface area (Å²) in [6.07, 6.45) is 1.56. The van der Waals surface area contributed by atoms with E-state index in [0.29, 0.717) is 11.4 Å². The summed E-state index contributed by atoms with van der Waals surface area (Å²) in [6.45, 7) is 5.82. The molecule has 130 valence electrons. The van der Waals surface area contributed by atoms with Crippen molar-refractivity contribution in [3.63, 3.8) is 0 Å². The highest BCUT2D eigenvalue weighted by Crippen LogP contribution is 2.43. The summed E-state index contributed by atoms with van der Waals surface area (Å²) in [6, 6.07) is 8.75. The van der Waals surface area contributed by atoms with Gasteiger partial charge in [0.25, 0.3) is 5.91 Å². The Morgan fingerprint density at radius 1 is 1.20 bits per heavy atom. The van der Waals surface area contributed by atoms with Crippen LogP contribution >= 0.6 is 11.8 Å². The largest absolute Gasteiger partial charge is 0.480 e. The molecule has 1 saturated heterocycles. The molecule has 0 bridgehead atoms. The number of hydrogen-bond donors (Lipinski definition) is 1. The van der Waals surface area contributed by atoms with Gasteiger partial charge in [-0.3, -0.25) is 9.78 Å². The molecule has 0 spiro atoms. The van der Waals surface area contributed by atoms with Crippen molar-refractivity contribution < 1.29 is 14.7 Å². The highest BCUT2D eigenvalue weighted by molar-refractivity contribution is 7.99. The normalized spacial score (nSPS) is 19.9. The van der Waals surface area contributed by atoms with Crippen LogP contribution in [-0.4, -0.2) is 38.7 Å². The van der Waals surface area contributed by atoms with Crippen molar-refractivity contribution in [3.8, 4) is 0 Å². The summed E-state index contributed by atoms with van der Waals surface area (Å²) < 4.78 is 0. The number of rotatable bonds is 3. The van der Waals surface area contributed by atoms with Crippen LogP contribution in [0.4, 0.5) is 0 Å². The number of carboxylic acids is 1. The first-order valence-electron chi connectivity index (χ1n) is 8.06. The zero-order valence-electron chi connectivity index (χ0n) is 14.4. The van der Waals surface area contributed by atoms with Crippen LogP contribution in [0.1, 0.15) is 38.1 Å². The quantitative estimate of drug-likeness (QED) is 0.913. The lowest BCUT2D eigenvalue weighted by Gasteiger charge is -2.28. The molecule has 1 aromatic heterocycles. The summed E-state index contributed by atoms with van der Waals surface area (Å²) in [5.74, 6) is -0.951. The van der Waals surface area contributed by atoms with Crippen LogP contribution < -0.4 is 0 Å². The molecule has 2 heterocycles. The van der Waals surface area contributed by atoms with Gasteiger partial charge in [0.1, 0.15) is 17.1 Å². The van der Waals surface area contributed by atoms with Crippen molar-refractivity contribution in [2.24, 2.45) is 0 Å². The maximum absolute atomic E-state index is 13.1. The minimum atomic E-state index is -0.985. The second-order valence-electron chi connectivity index (χ2n) is 6.28. The Labute approximate surface area is 151 Å². The minimum Gasteiger partial charge on any atom is -0.480 e. The van der Waals surface area contributed by atoms with Gasteiger partial charge in [-0.1, -0.05) is 29.8 Å². The van der Waals surface area contributed by atoms with Crippen LogP contribution in [0.25, 0.3) is 0 Å². The average Bonchev–Trinajstić information content (AvgIpc) is 2.99. The number of hydrogen-bond acceptors (Lipinski definition) is 4. The molecule has 1 fully saturated rings. The fourth-order valence-corrected chi connectivity index (χ4v) is 4.63. The van der Waals surface area contributed by atoms with E-state index in [9.17, 15) is 14.7 Å². The number of thioether (sulfide) groups is 1. The zero-order valence-corrected chi connectivity index (χ0v) is 15.2. The molecule has 6 heteroatoms. The minimum absolute atomic E-state index is 0.311. The number of aromatic nitrogens is 1. The van der Waals surface area contributed by atoms with E-state index in [1.165, 1.54) is 16.7 Å². The molecule has 0 saturated carbocycles. The molecule has 0 aliphatic carbocycles. The number of pyridine rings is 1. The molecule has 2 unspecified atom stereocenters. The van der Waals surface area contributed by atoms with Gasteiger partial charge in [0, 0.05) is 11.9 Å². The molecular formula is C19H20N2O3S. The van der Waals surface area contributed by atoms with Crippen LogP contribution in [-0.2, 0) is 4.79 Å². The Balaban J connectivity index is 2.05. The van der Waals surface area contributed by atoms with Crippen LogP contribution in [0.2, 0.25) is 0 Å². The van der Waals surface area contributed by atoms with E-state index < -0.39 is 12.0 Å². The maximum Gasteiger partial charge on any atom is 0.327 e. The predicted molar refractivity (Wildman–Crippen MR) is 97.7 cm³/mol. The van der Waals surface area contributed by atoms with Crippen LogP contribution in [0.5, 0.6) is 0 Å². The summed E-state index contributed by atoms with van der Waals surface area (Å²) >= 11 is 1.49. The Bertz CT molecular complexity index is 837. The standard InChI is InChI=1S/C19H20N2O3S/c1-11-6-7-14(13(3)9-11)18-21(15(10-25-18)19(23)24)17(22)16-12(2)5-4-8-20-16/h4-9,15,18H,10H2,1-3H3,(H,23,24). The van der Waals surface area contributed by atoms with E-state index in [1.54, 1.807) is 12.3 Å². The third-order valence-corrected chi connectivity index (χ3v) is 5.73. The van der Waals surface area contributed by atoms with Crippen molar-refractivity contribution in [1.82, 2.24) is 9.88 Å². The smallest absolute Gasteiger partial charge is 0.327 e. The zero-order chi connectivity index (χ0) is 18.1. The molecule has 1 aliphatic heterocycles. The third kappa shape index (κ3) is 3.26. The number of carbonyl (C=O) groups excluding carboxylic acids is 1. The molecule has 1 aliphatic rings. The lowest BCUT2D eigenvalue weighted by atomic mass is 10.0. The van der Waals surface area contributed by atoms with Crippen molar-refractivity contribution >= 4 is 23.6 Å². The van der Waals surface area contributed by atoms with Gasteiger partial charge in [-0.25, -0.2) is 4.79 Å². The summed E-state index contributed by atoms with van der Waals surface area (Å²) in [5.41, 5.74) is 4.22. The van der Waals surface area contributed by atoms with Crippen molar-refractivity contribution in [3.05, 3.63) is 64.5 Å². The molecule has 1 N–H and O–H groups in total. The van der Waals surface area contributed by atoms with Gasteiger partial charge in [0.15, 0.2) is 0 Å². The lowest BCUT2D eigenvalue weighted by Crippen LogP contribution is -2.43. The number of benzene rings is 1. The molecule has 1 amide bonds. The van der Waals surface area contributed by atoms with Gasteiger partial charge in [-0.2, -0.15) is 0 Å². The fraction of sp³-hybridized carbons (Fsp3) is 0.316. The highest BCUT2D eigenvalue weighted by Gasteiger charge is 2.43. The van der Waals surface area contributed by atoms with Crippen molar-refractivity contribution in [2.75, 3.05) is 5.75 Å². The van der Waals surface area contributed by atoms with Crippen LogP contribution in [0.3, 0.4) is 0 Å². The number of carbonyl (C=O) groups is 2. The topological polar surface area (TPSA) is 70.5 Å². The average molecular weight is 356 g/mol. The monoisotopic (exact) mass is 356 g/mol. The third-order valence-electron chi connectivity index (χ3n) is 4.42. The summed E-state index contributed by atoms with van der Waals surface area (Å²) in [4.78, 5) is 30.5. The first-order valence-corrected chi connectivity index (χ1v) is 9.11. The molecule has 2 atom stereocenters. The van der Waals surface area contributed by atoms with E-state index in [-0.39, 0.29) is 11.3 Å². The van der Waals surface area contributed by atoms with E-state index in [4.69, 9.17) is 0 Å². The molecule has 2 aromatic rings. The van der Waals surface area contributed by atoms with Crippen molar-refractivity contribution in [1.29, 1.82) is 0 Å². The molecule has 0 radical (unpaired) electrons. The fourth-order valence-electron chi connectivity index (χ4n) is 3.12. The number of nitrogens with zero attached hydrogens (tertiary/aromatic N) is 2. The first-order chi connectivity index (χ1) is 11.9. The van der Waals surface area contributed by atoms with Crippen LogP contribution in [0.15, 0.2) is 36.5 Å². The van der Waals surface area contributed by atoms with Crippen LogP contribution in [0, 0.1) is 20.8 Å². The second kappa shape index (κ2) is 6.88. The molecule has 1 aromatic carbocycles. The van der Waals surface area contributed by atoms with Crippen molar-refractivity contribution in [2.45, 2.75) is 32.2 Å². The Morgan fingerprint density at radius 2 is 1.96 bits per heavy atom. The first kappa shape index (κ1) is 17.5. The van der Waals surface area contributed by atoms with Gasteiger partial charge in [-0.05, 0) is 43.5 Å². The predicted octanol–water partition coefficient (Wildman–Crippen LogP) is 3.35. The van der Waals surface area contributed by atoms with E-state index in [0.717, 1.165) is 22.3 Å². The molecule has 5 nitrogen and oxygen atoms in total. The van der Waals surface area contributed by atoms with E-state index in [2.05, 4.69) is 11.1 Å². The van der Waals surface area contributed by atoms with Gasteiger partial charge in [0.2, 0.25) is 0 Å². The summed E-state index contributed by atoms with van der Waals surface area (Å²) in [5, 5.41) is 9.28. The Kier molecular flexibility index (Phi) is 4.81. The molecule has 25 heavy (non-hydrogen) atoms. The van der Waals surface area contributed by atoms with Gasteiger partial charge in [0.05, 0.1) is 0 Å².